The lowest BCUT2D eigenvalue weighted by Gasteiger charge is -2.16. The first kappa shape index (κ1) is 22.3. The zero-order chi connectivity index (χ0) is 22.8. The normalized spacial score (nSPS) is 14.0. The van der Waals surface area contributed by atoms with Crippen molar-refractivity contribution < 1.29 is 31.7 Å². The molecule has 1 fully saturated rings. The van der Waals surface area contributed by atoms with E-state index >= 15 is 0 Å². The van der Waals surface area contributed by atoms with Crippen LogP contribution in [-0.4, -0.2) is 32.9 Å². The number of carbonyl (C=O) groups excluding carboxylic acids is 3. The van der Waals surface area contributed by atoms with Gasteiger partial charge in [0.2, 0.25) is 5.75 Å². The smallest absolute Gasteiger partial charge is 0.339 e. The van der Waals surface area contributed by atoms with Crippen LogP contribution in [0.2, 0.25) is 5.02 Å². The number of halogens is 1. The van der Waals surface area contributed by atoms with Crippen LogP contribution in [0.5, 0.6) is 11.5 Å². The minimum atomic E-state index is -4.20. The highest BCUT2D eigenvalue weighted by molar-refractivity contribution is 7.87. The predicted octanol–water partition coefficient (Wildman–Crippen LogP) is 2.56. The molecular weight excluding hydrogens is 448 g/mol. The highest BCUT2D eigenvalue weighted by Crippen LogP contribution is 2.39. The highest BCUT2D eigenvalue weighted by atomic mass is 35.5. The van der Waals surface area contributed by atoms with Gasteiger partial charge in [-0.25, -0.2) is 4.79 Å². The molecule has 0 spiro atoms. The van der Waals surface area contributed by atoms with Gasteiger partial charge in [0.25, 0.3) is 11.8 Å². The Kier molecular flexibility index (Phi) is 6.32. The molecule has 2 N–H and O–H groups in total. The van der Waals surface area contributed by atoms with E-state index < -0.39 is 28.0 Å². The molecule has 3 rings (SSSR count). The molecule has 0 atom stereocenters. The van der Waals surface area contributed by atoms with Gasteiger partial charge in [-0.1, -0.05) is 29.3 Å². The predicted molar refractivity (Wildman–Crippen MR) is 111 cm³/mol. The largest absolute Gasteiger partial charge is 0.490 e. The van der Waals surface area contributed by atoms with Crippen LogP contribution in [0.4, 0.5) is 4.79 Å². The summed E-state index contributed by atoms with van der Waals surface area (Å²) >= 11 is 6.25. The summed E-state index contributed by atoms with van der Waals surface area (Å²) in [6.45, 7) is 3.65. The van der Waals surface area contributed by atoms with Crippen molar-refractivity contribution in [3.05, 3.63) is 58.1 Å². The third-order valence-electron chi connectivity index (χ3n) is 4.09. The average molecular weight is 465 g/mol. The minimum absolute atomic E-state index is 0.00904. The molecule has 1 aliphatic heterocycles. The van der Waals surface area contributed by atoms with Gasteiger partial charge in [0.15, 0.2) is 5.75 Å². The van der Waals surface area contributed by atoms with Gasteiger partial charge in [0, 0.05) is 0 Å². The summed E-state index contributed by atoms with van der Waals surface area (Å²) in [5.41, 5.74) is 0.795. The number of rotatable bonds is 6. The molecule has 0 saturated carbocycles. The SMILES string of the molecule is CCOc1cc(C=C2C(=O)NC(=O)NC2=O)cc(Cl)c1OS(=O)(=O)c1ccc(C)cc1. The third-order valence-corrected chi connectivity index (χ3v) is 5.61. The molecular formula is C20H17ClN2O7S. The monoisotopic (exact) mass is 464 g/mol. The van der Waals surface area contributed by atoms with Crippen LogP contribution in [0.3, 0.4) is 0 Å². The second-order valence-corrected chi connectivity index (χ2v) is 8.36. The third kappa shape index (κ3) is 5.04. The summed E-state index contributed by atoms with van der Waals surface area (Å²) in [6, 6.07) is 7.79. The van der Waals surface area contributed by atoms with Gasteiger partial charge in [-0.2, -0.15) is 8.42 Å². The molecule has 9 nitrogen and oxygen atoms in total. The Hall–Kier alpha value is -3.37. The van der Waals surface area contributed by atoms with E-state index in [0.717, 1.165) is 5.56 Å². The standard InChI is InChI=1S/C20H17ClN2O7S/c1-3-29-16-10-12(8-14-18(24)22-20(26)23-19(14)25)9-15(21)17(16)30-31(27,28)13-6-4-11(2)5-7-13/h4-10H,3H2,1-2H3,(H2,22,23,24,25,26). The Bertz CT molecular complexity index is 1180. The molecule has 11 heteroatoms. The van der Waals surface area contributed by atoms with Crippen molar-refractivity contribution >= 4 is 45.6 Å². The van der Waals surface area contributed by atoms with Crippen molar-refractivity contribution in [2.45, 2.75) is 18.7 Å². The first-order chi connectivity index (χ1) is 14.6. The quantitative estimate of drug-likeness (QED) is 0.382. The summed E-state index contributed by atoms with van der Waals surface area (Å²) in [7, 11) is -4.20. The van der Waals surface area contributed by atoms with E-state index in [-0.39, 0.29) is 39.2 Å². The first-order valence-corrected chi connectivity index (χ1v) is 10.7. The summed E-state index contributed by atoms with van der Waals surface area (Å²) in [5.74, 6) is -2.01. The second kappa shape index (κ2) is 8.78. The number of benzene rings is 2. The van der Waals surface area contributed by atoms with E-state index in [1.54, 1.807) is 19.1 Å². The van der Waals surface area contributed by atoms with Crippen molar-refractivity contribution in [1.29, 1.82) is 0 Å². The molecule has 0 aliphatic carbocycles. The van der Waals surface area contributed by atoms with Gasteiger partial charge in [0.1, 0.15) is 10.5 Å². The molecule has 0 unspecified atom stereocenters. The number of barbiturate groups is 1. The number of amides is 4. The van der Waals surface area contributed by atoms with Crippen molar-refractivity contribution in [3.63, 3.8) is 0 Å². The fraction of sp³-hybridized carbons (Fsp3) is 0.150. The molecule has 1 heterocycles. The molecule has 1 saturated heterocycles. The lowest BCUT2D eigenvalue weighted by Crippen LogP contribution is -2.51. The second-order valence-electron chi connectivity index (χ2n) is 6.41. The van der Waals surface area contributed by atoms with Crippen LogP contribution < -0.4 is 19.6 Å². The number of ether oxygens (including phenoxy) is 1. The zero-order valence-electron chi connectivity index (χ0n) is 16.4. The number of hydrogen-bond acceptors (Lipinski definition) is 7. The summed E-state index contributed by atoms with van der Waals surface area (Å²) in [5, 5.41) is 3.78. The van der Waals surface area contributed by atoms with Gasteiger partial charge in [0.05, 0.1) is 11.6 Å². The maximum atomic E-state index is 12.7. The fourth-order valence-corrected chi connectivity index (χ4v) is 3.91. The van der Waals surface area contributed by atoms with Crippen LogP contribution in [0.1, 0.15) is 18.1 Å². The van der Waals surface area contributed by atoms with E-state index in [2.05, 4.69) is 0 Å². The van der Waals surface area contributed by atoms with Gasteiger partial charge >= 0.3 is 16.1 Å². The van der Waals surface area contributed by atoms with Crippen molar-refractivity contribution in [2.75, 3.05) is 6.61 Å². The van der Waals surface area contributed by atoms with Crippen molar-refractivity contribution in [1.82, 2.24) is 10.6 Å². The fourth-order valence-electron chi connectivity index (χ4n) is 2.65. The van der Waals surface area contributed by atoms with E-state index in [1.165, 1.54) is 30.3 Å². The Balaban J connectivity index is 2.00. The van der Waals surface area contributed by atoms with Gasteiger partial charge in [-0.3, -0.25) is 20.2 Å². The van der Waals surface area contributed by atoms with Crippen molar-refractivity contribution in [2.24, 2.45) is 0 Å². The van der Waals surface area contributed by atoms with Crippen LogP contribution in [0, 0.1) is 6.92 Å². The van der Waals surface area contributed by atoms with Crippen LogP contribution in [0.25, 0.3) is 6.08 Å². The zero-order valence-corrected chi connectivity index (χ0v) is 18.0. The molecule has 162 valence electrons. The number of aryl methyl sites for hydroxylation is 1. The lowest BCUT2D eigenvalue weighted by molar-refractivity contribution is -0.123. The topological polar surface area (TPSA) is 128 Å². The number of urea groups is 1. The molecule has 2 aromatic rings. The number of carbonyl (C=O) groups is 3. The van der Waals surface area contributed by atoms with Gasteiger partial charge in [-0.05, 0) is 49.8 Å². The summed E-state index contributed by atoms with van der Waals surface area (Å²) < 4.78 is 36.0. The molecule has 0 bridgehead atoms. The summed E-state index contributed by atoms with van der Waals surface area (Å²) in [4.78, 5) is 35.0. The van der Waals surface area contributed by atoms with E-state index in [9.17, 15) is 22.8 Å². The molecule has 0 radical (unpaired) electrons. The van der Waals surface area contributed by atoms with E-state index in [1.807, 2.05) is 17.6 Å². The van der Waals surface area contributed by atoms with Gasteiger partial charge < -0.3 is 8.92 Å². The maximum Gasteiger partial charge on any atom is 0.339 e. The molecule has 4 amide bonds. The number of hydrogen-bond donors (Lipinski definition) is 2. The molecule has 1 aliphatic rings. The first-order valence-electron chi connectivity index (χ1n) is 8.96. The van der Waals surface area contributed by atoms with Gasteiger partial charge in [-0.15, -0.1) is 0 Å². The highest BCUT2D eigenvalue weighted by Gasteiger charge is 2.28. The Morgan fingerprint density at radius 2 is 1.65 bits per heavy atom. The summed E-state index contributed by atoms with van der Waals surface area (Å²) in [6.07, 6.45) is 1.18. The van der Waals surface area contributed by atoms with E-state index in [4.69, 9.17) is 20.5 Å². The van der Waals surface area contributed by atoms with Crippen molar-refractivity contribution in [3.8, 4) is 11.5 Å². The van der Waals surface area contributed by atoms with E-state index in [0.29, 0.717) is 0 Å². The average Bonchev–Trinajstić information content (AvgIpc) is 2.68. The Labute approximate surface area is 183 Å². The Morgan fingerprint density at radius 3 is 2.23 bits per heavy atom. The Morgan fingerprint density at radius 1 is 1.03 bits per heavy atom. The number of imide groups is 2. The molecule has 31 heavy (non-hydrogen) atoms. The maximum absolute atomic E-state index is 12.7. The lowest BCUT2D eigenvalue weighted by atomic mass is 10.1. The molecule has 2 aromatic carbocycles. The van der Waals surface area contributed by atoms with Crippen LogP contribution >= 0.6 is 11.6 Å². The minimum Gasteiger partial charge on any atom is -0.490 e. The van der Waals surface area contributed by atoms with Crippen LogP contribution in [-0.2, 0) is 19.7 Å². The number of nitrogens with one attached hydrogen (secondary N) is 2. The molecule has 0 aromatic heterocycles. The van der Waals surface area contributed by atoms with Crippen LogP contribution in [0.15, 0.2) is 46.9 Å².